The summed E-state index contributed by atoms with van der Waals surface area (Å²) in [5.41, 5.74) is -0.219. The maximum Gasteiger partial charge on any atom is 0.225 e. The molecule has 2 aromatic rings. The summed E-state index contributed by atoms with van der Waals surface area (Å²) < 4.78 is 5.73. The standard InChI is InChI=1S/C10H12N2OS/c1-10(2,3)13-8-7-4-5-14-9(7)12-6-11-8/h4-6H,1-3H3. The Morgan fingerprint density at radius 3 is 2.79 bits per heavy atom. The minimum absolute atomic E-state index is 0.219. The van der Waals surface area contributed by atoms with Crippen LogP contribution in [0.25, 0.3) is 10.2 Å². The predicted octanol–water partition coefficient (Wildman–Crippen LogP) is 2.87. The van der Waals surface area contributed by atoms with Crippen LogP contribution in [-0.4, -0.2) is 15.6 Å². The SMILES string of the molecule is CC(C)(C)Oc1ncnc2sccc12. The molecule has 0 aliphatic carbocycles. The van der Waals surface area contributed by atoms with Crippen LogP contribution in [0, 0.1) is 0 Å². The quantitative estimate of drug-likeness (QED) is 0.722. The topological polar surface area (TPSA) is 35.0 Å². The normalized spacial score (nSPS) is 11.9. The van der Waals surface area contributed by atoms with Gasteiger partial charge in [0.15, 0.2) is 0 Å². The monoisotopic (exact) mass is 208 g/mol. The van der Waals surface area contributed by atoms with Crippen LogP contribution in [0.5, 0.6) is 5.88 Å². The summed E-state index contributed by atoms with van der Waals surface area (Å²) >= 11 is 1.60. The molecule has 0 aliphatic heterocycles. The second-order valence-electron chi connectivity index (χ2n) is 4.03. The van der Waals surface area contributed by atoms with Crippen molar-refractivity contribution in [1.29, 1.82) is 0 Å². The second-order valence-corrected chi connectivity index (χ2v) is 4.93. The molecule has 0 unspecified atom stereocenters. The number of ether oxygens (including phenoxy) is 1. The summed E-state index contributed by atoms with van der Waals surface area (Å²) in [5.74, 6) is 0.670. The zero-order valence-electron chi connectivity index (χ0n) is 8.44. The lowest BCUT2D eigenvalue weighted by Crippen LogP contribution is -2.23. The van der Waals surface area contributed by atoms with Crippen LogP contribution in [0.2, 0.25) is 0 Å². The highest BCUT2D eigenvalue weighted by Crippen LogP contribution is 2.27. The fraction of sp³-hybridized carbons (Fsp3) is 0.400. The van der Waals surface area contributed by atoms with E-state index in [9.17, 15) is 0 Å². The first-order valence-electron chi connectivity index (χ1n) is 4.43. The molecule has 0 bridgehead atoms. The average molecular weight is 208 g/mol. The lowest BCUT2D eigenvalue weighted by atomic mass is 10.2. The molecule has 14 heavy (non-hydrogen) atoms. The average Bonchev–Trinajstić information content (AvgIpc) is 2.49. The lowest BCUT2D eigenvalue weighted by molar-refractivity contribution is 0.126. The number of nitrogens with zero attached hydrogens (tertiary/aromatic N) is 2. The van der Waals surface area contributed by atoms with E-state index in [4.69, 9.17) is 4.74 Å². The zero-order valence-corrected chi connectivity index (χ0v) is 9.26. The molecule has 0 atom stereocenters. The van der Waals surface area contributed by atoms with E-state index in [2.05, 4.69) is 9.97 Å². The molecule has 0 amide bonds. The van der Waals surface area contributed by atoms with Gasteiger partial charge in [0.05, 0.1) is 5.39 Å². The number of fused-ring (bicyclic) bond motifs is 1. The van der Waals surface area contributed by atoms with Crippen molar-refractivity contribution in [2.75, 3.05) is 0 Å². The molecule has 3 nitrogen and oxygen atoms in total. The molecule has 2 heterocycles. The van der Waals surface area contributed by atoms with E-state index in [0.717, 1.165) is 10.2 Å². The van der Waals surface area contributed by atoms with E-state index in [1.807, 2.05) is 32.2 Å². The minimum atomic E-state index is -0.219. The maximum absolute atomic E-state index is 5.73. The molecular formula is C10H12N2OS. The number of aromatic nitrogens is 2. The first-order chi connectivity index (χ1) is 6.56. The van der Waals surface area contributed by atoms with E-state index in [1.54, 1.807) is 17.7 Å². The van der Waals surface area contributed by atoms with Gasteiger partial charge in [-0.15, -0.1) is 11.3 Å². The summed E-state index contributed by atoms with van der Waals surface area (Å²) in [4.78, 5) is 9.27. The molecule has 2 rings (SSSR count). The molecule has 74 valence electrons. The fourth-order valence-corrected chi connectivity index (χ4v) is 1.86. The first-order valence-corrected chi connectivity index (χ1v) is 5.31. The molecule has 0 saturated carbocycles. The van der Waals surface area contributed by atoms with Crippen LogP contribution in [0.1, 0.15) is 20.8 Å². The molecule has 0 aromatic carbocycles. The highest BCUT2D eigenvalue weighted by molar-refractivity contribution is 7.16. The van der Waals surface area contributed by atoms with Crippen molar-refractivity contribution in [2.45, 2.75) is 26.4 Å². The van der Waals surface area contributed by atoms with Gasteiger partial charge < -0.3 is 4.74 Å². The second kappa shape index (κ2) is 3.20. The minimum Gasteiger partial charge on any atom is -0.471 e. The Kier molecular flexibility index (Phi) is 2.15. The van der Waals surface area contributed by atoms with Crippen LogP contribution < -0.4 is 4.74 Å². The van der Waals surface area contributed by atoms with Crippen molar-refractivity contribution in [1.82, 2.24) is 9.97 Å². The smallest absolute Gasteiger partial charge is 0.225 e. The molecule has 0 aliphatic rings. The van der Waals surface area contributed by atoms with Crippen molar-refractivity contribution in [3.8, 4) is 5.88 Å². The van der Waals surface area contributed by atoms with Gasteiger partial charge in [0.1, 0.15) is 16.8 Å². The van der Waals surface area contributed by atoms with Gasteiger partial charge in [0.2, 0.25) is 5.88 Å². The maximum atomic E-state index is 5.73. The van der Waals surface area contributed by atoms with Gasteiger partial charge >= 0.3 is 0 Å². The largest absolute Gasteiger partial charge is 0.471 e. The highest BCUT2D eigenvalue weighted by Gasteiger charge is 2.15. The van der Waals surface area contributed by atoms with Gasteiger partial charge in [-0.2, -0.15) is 0 Å². The summed E-state index contributed by atoms with van der Waals surface area (Å²) in [6.07, 6.45) is 1.54. The molecule has 0 N–H and O–H groups in total. The number of rotatable bonds is 1. The fourth-order valence-electron chi connectivity index (χ4n) is 1.14. The van der Waals surface area contributed by atoms with Crippen LogP contribution in [0.3, 0.4) is 0 Å². The van der Waals surface area contributed by atoms with Crippen molar-refractivity contribution >= 4 is 21.6 Å². The van der Waals surface area contributed by atoms with E-state index < -0.39 is 0 Å². The van der Waals surface area contributed by atoms with Gasteiger partial charge in [-0.1, -0.05) is 0 Å². The summed E-state index contributed by atoms with van der Waals surface area (Å²) in [6.45, 7) is 6.02. The Bertz CT molecular complexity index is 445. The molecule has 0 spiro atoms. The Hall–Kier alpha value is -1.16. The van der Waals surface area contributed by atoms with Gasteiger partial charge in [-0.25, -0.2) is 9.97 Å². The van der Waals surface area contributed by atoms with E-state index in [-0.39, 0.29) is 5.60 Å². The Balaban J connectivity index is 2.46. The van der Waals surface area contributed by atoms with E-state index >= 15 is 0 Å². The van der Waals surface area contributed by atoms with Crippen molar-refractivity contribution in [3.63, 3.8) is 0 Å². The van der Waals surface area contributed by atoms with Gasteiger partial charge in [-0.05, 0) is 32.2 Å². The Morgan fingerprint density at radius 2 is 2.07 bits per heavy atom. The molecular weight excluding hydrogens is 196 g/mol. The zero-order chi connectivity index (χ0) is 10.2. The summed E-state index contributed by atoms with van der Waals surface area (Å²) in [5, 5.41) is 2.99. The van der Waals surface area contributed by atoms with Crippen LogP contribution >= 0.6 is 11.3 Å². The first kappa shape index (κ1) is 9.40. The third-order valence-electron chi connectivity index (χ3n) is 1.63. The molecule has 2 aromatic heterocycles. The number of thiophene rings is 1. The van der Waals surface area contributed by atoms with E-state index in [0.29, 0.717) is 5.88 Å². The van der Waals surface area contributed by atoms with Crippen LogP contribution in [0.15, 0.2) is 17.8 Å². The van der Waals surface area contributed by atoms with Crippen molar-refractivity contribution < 1.29 is 4.74 Å². The Labute approximate surface area is 86.8 Å². The van der Waals surface area contributed by atoms with Gasteiger partial charge in [0, 0.05) is 0 Å². The molecule has 0 saturated heterocycles. The van der Waals surface area contributed by atoms with Gasteiger partial charge in [0.25, 0.3) is 0 Å². The van der Waals surface area contributed by atoms with Crippen molar-refractivity contribution in [3.05, 3.63) is 17.8 Å². The van der Waals surface area contributed by atoms with Crippen LogP contribution in [-0.2, 0) is 0 Å². The summed E-state index contributed by atoms with van der Waals surface area (Å²) in [7, 11) is 0. The molecule has 0 radical (unpaired) electrons. The highest BCUT2D eigenvalue weighted by atomic mass is 32.1. The van der Waals surface area contributed by atoms with E-state index in [1.165, 1.54) is 0 Å². The number of hydrogen-bond donors (Lipinski definition) is 0. The molecule has 4 heteroatoms. The van der Waals surface area contributed by atoms with Crippen molar-refractivity contribution in [2.24, 2.45) is 0 Å². The van der Waals surface area contributed by atoms with Crippen LogP contribution in [0.4, 0.5) is 0 Å². The third-order valence-corrected chi connectivity index (χ3v) is 2.45. The lowest BCUT2D eigenvalue weighted by Gasteiger charge is -2.20. The third kappa shape index (κ3) is 1.85. The predicted molar refractivity (Wildman–Crippen MR) is 57.8 cm³/mol. The van der Waals surface area contributed by atoms with Gasteiger partial charge in [-0.3, -0.25) is 0 Å². The molecule has 0 fully saturated rings. The Morgan fingerprint density at radius 1 is 1.29 bits per heavy atom. The number of hydrogen-bond acceptors (Lipinski definition) is 4. The summed E-state index contributed by atoms with van der Waals surface area (Å²) in [6, 6.07) is 1.99.